The van der Waals surface area contributed by atoms with Crippen LogP contribution in [-0.4, -0.2) is 31.1 Å². The first-order valence-corrected chi connectivity index (χ1v) is 8.44. The molecule has 23 heavy (non-hydrogen) atoms. The fraction of sp³-hybridized carbons (Fsp3) is 0.333. The van der Waals surface area contributed by atoms with Gasteiger partial charge in [0.05, 0.1) is 11.4 Å². The van der Waals surface area contributed by atoms with Gasteiger partial charge in [0.25, 0.3) is 0 Å². The van der Waals surface area contributed by atoms with Gasteiger partial charge < -0.3 is 21.1 Å². The largest absolute Gasteiger partial charge is 0.489 e. The average Bonchev–Trinajstić information content (AvgIpc) is 2.50. The van der Waals surface area contributed by atoms with Crippen molar-refractivity contribution in [2.75, 3.05) is 25.6 Å². The topological polar surface area (TPSA) is 64.5 Å². The van der Waals surface area contributed by atoms with Gasteiger partial charge in [0, 0.05) is 15.8 Å². The molecule has 0 spiro atoms. The first-order chi connectivity index (χ1) is 10.9. The van der Waals surface area contributed by atoms with E-state index in [1.807, 2.05) is 30.3 Å². The second-order valence-electron chi connectivity index (χ2n) is 5.89. The molecule has 0 aromatic heterocycles. The van der Waals surface area contributed by atoms with Gasteiger partial charge >= 0.3 is 0 Å². The number of nitrogens with two attached hydrogens (primary N) is 2. The Labute approximate surface area is 142 Å². The number of rotatable bonds is 6. The highest BCUT2D eigenvalue weighted by Gasteiger charge is 2.15. The van der Waals surface area contributed by atoms with Crippen molar-refractivity contribution in [2.24, 2.45) is 0 Å². The fourth-order valence-electron chi connectivity index (χ4n) is 2.10. The normalized spacial score (nSPS) is 13.8. The molecule has 5 heteroatoms. The van der Waals surface area contributed by atoms with E-state index in [0.717, 1.165) is 15.5 Å². The molecule has 2 atom stereocenters. The lowest BCUT2D eigenvalue weighted by molar-refractivity contribution is 0.121. The van der Waals surface area contributed by atoms with E-state index in [0.29, 0.717) is 17.4 Å². The molecule has 0 bridgehead atoms. The van der Waals surface area contributed by atoms with Crippen LogP contribution >= 0.6 is 11.8 Å². The molecule has 0 saturated heterocycles. The quantitative estimate of drug-likeness (QED) is 0.790. The molecular formula is C18H25N3OS. The summed E-state index contributed by atoms with van der Waals surface area (Å²) in [5.74, 6) is 0.875. The third kappa shape index (κ3) is 4.81. The number of nitrogens with zero attached hydrogens (tertiary/aromatic N) is 1. The Bertz CT molecular complexity index is 660. The summed E-state index contributed by atoms with van der Waals surface area (Å²) in [6.07, 6.45) is 0.109. The molecule has 0 amide bonds. The molecule has 0 saturated carbocycles. The SMILES string of the molecule is CC(Oc1cccc(Sc2ccc(N)c(N)c2)c1)C(C)N(C)C. The highest BCUT2D eigenvalue weighted by atomic mass is 32.2. The lowest BCUT2D eigenvalue weighted by Gasteiger charge is -2.27. The lowest BCUT2D eigenvalue weighted by atomic mass is 10.2. The Hall–Kier alpha value is -1.85. The number of hydrogen-bond donors (Lipinski definition) is 2. The summed E-state index contributed by atoms with van der Waals surface area (Å²) in [5.41, 5.74) is 12.8. The average molecular weight is 331 g/mol. The summed E-state index contributed by atoms with van der Waals surface area (Å²) in [5, 5.41) is 0. The van der Waals surface area contributed by atoms with Gasteiger partial charge in [-0.15, -0.1) is 0 Å². The van der Waals surface area contributed by atoms with Gasteiger partial charge in [-0.2, -0.15) is 0 Å². The monoisotopic (exact) mass is 331 g/mol. The lowest BCUT2D eigenvalue weighted by Crippen LogP contribution is -2.37. The van der Waals surface area contributed by atoms with Crippen molar-refractivity contribution < 1.29 is 4.74 Å². The van der Waals surface area contributed by atoms with Crippen LogP contribution in [0.25, 0.3) is 0 Å². The van der Waals surface area contributed by atoms with Crippen LogP contribution in [0.15, 0.2) is 52.3 Å². The van der Waals surface area contributed by atoms with Crippen LogP contribution in [0.4, 0.5) is 11.4 Å². The van der Waals surface area contributed by atoms with Gasteiger partial charge in [0.2, 0.25) is 0 Å². The molecule has 0 fully saturated rings. The molecule has 2 unspecified atom stereocenters. The second kappa shape index (κ2) is 7.62. The van der Waals surface area contributed by atoms with Gasteiger partial charge in [-0.05, 0) is 64.3 Å². The molecule has 2 aromatic carbocycles. The summed E-state index contributed by atoms with van der Waals surface area (Å²) in [6.45, 7) is 4.24. The molecule has 4 N–H and O–H groups in total. The first-order valence-electron chi connectivity index (χ1n) is 7.63. The van der Waals surface area contributed by atoms with E-state index >= 15 is 0 Å². The van der Waals surface area contributed by atoms with Gasteiger partial charge in [0.15, 0.2) is 0 Å². The predicted octanol–water partition coefficient (Wildman–Crippen LogP) is 3.72. The molecule has 0 aliphatic rings. The van der Waals surface area contributed by atoms with Gasteiger partial charge in [-0.3, -0.25) is 0 Å². The van der Waals surface area contributed by atoms with Crippen LogP contribution in [-0.2, 0) is 0 Å². The van der Waals surface area contributed by atoms with Gasteiger partial charge in [-0.25, -0.2) is 0 Å². The minimum Gasteiger partial charge on any atom is -0.489 e. The Morgan fingerprint density at radius 1 is 0.957 bits per heavy atom. The van der Waals surface area contributed by atoms with Gasteiger partial charge in [-0.1, -0.05) is 17.8 Å². The van der Waals surface area contributed by atoms with Crippen LogP contribution in [0.5, 0.6) is 5.75 Å². The number of likely N-dealkylation sites (N-methyl/N-ethyl adjacent to an activating group) is 1. The Morgan fingerprint density at radius 2 is 1.65 bits per heavy atom. The third-order valence-electron chi connectivity index (χ3n) is 3.92. The maximum Gasteiger partial charge on any atom is 0.120 e. The highest BCUT2D eigenvalue weighted by molar-refractivity contribution is 7.99. The number of anilines is 2. The number of ether oxygens (including phenoxy) is 1. The smallest absolute Gasteiger partial charge is 0.120 e. The Morgan fingerprint density at radius 3 is 2.30 bits per heavy atom. The zero-order valence-electron chi connectivity index (χ0n) is 14.1. The zero-order chi connectivity index (χ0) is 17.0. The van der Waals surface area contributed by atoms with E-state index in [1.54, 1.807) is 11.8 Å². The Balaban J connectivity index is 2.09. The van der Waals surface area contributed by atoms with Crippen molar-refractivity contribution in [3.05, 3.63) is 42.5 Å². The van der Waals surface area contributed by atoms with Crippen LogP contribution < -0.4 is 16.2 Å². The van der Waals surface area contributed by atoms with E-state index in [-0.39, 0.29) is 6.10 Å². The summed E-state index contributed by atoms with van der Waals surface area (Å²) >= 11 is 1.64. The highest BCUT2D eigenvalue weighted by Crippen LogP contribution is 2.32. The van der Waals surface area contributed by atoms with Crippen molar-refractivity contribution in [1.82, 2.24) is 4.90 Å². The van der Waals surface area contributed by atoms with Crippen LogP contribution in [0.2, 0.25) is 0 Å². The van der Waals surface area contributed by atoms with Crippen molar-refractivity contribution in [2.45, 2.75) is 35.8 Å². The van der Waals surface area contributed by atoms with E-state index in [1.165, 1.54) is 0 Å². The van der Waals surface area contributed by atoms with Crippen molar-refractivity contribution >= 4 is 23.1 Å². The summed E-state index contributed by atoms with van der Waals surface area (Å²) < 4.78 is 6.06. The molecule has 0 radical (unpaired) electrons. The summed E-state index contributed by atoms with van der Waals surface area (Å²) in [4.78, 5) is 4.32. The predicted molar refractivity (Wildman–Crippen MR) is 99.1 cm³/mol. The minimum absolute atomic E-state index is 0.109. The Kier molecular flexibility index (Phi) is 5.80. The maximum atomic E-state index is 6.06. The standard InChI is InChI=1S/C18H25N3OS/c1-12(21(3)4)13(2)22-14-6-5-7-15(10-14)23-16-8-9-17(19)18(20)11-16/h5-13H,19-20H2,1-4H3. The maximum absolute atomic E-state index is 6.06. The molecule has 2 rings (SSSR count). The van der Waals surface area contributed by atoms with Crippen molar-refractivity contribution in [1.29, 1.82) is 0 Å². The van der Waals surface area contributed by atoms with Gasteiger partial charge in [0.1, 0.15) is 11.9 Å². The van der Waals surface area contributed by atoms with E-state index in [2.05, 4.69) is 45.0 Å². The van der Waals surface area contributed by atoms with Crippen molar-refractivity contribution in [3.8, 4) is 5.75 Å². The summed E-state index contributed by atoms with van der Waals surface area (Å²) in [6, 6.07) is 14.1. The first kappa shape index (κ1) is 17.5. The van der Waals surface area contributed by atoms with Crippen molar-refractivity contribution in [3.63, 3.8) is 0 Å². The molecule has 0 heterocycles. The third-order valence-corrected chi connectivity index (χ3v) is 4.89. The van der Waals surface area contributed by atoms with E-state index in [4.69, 9.17) is 16.2 Å². The number of hydrogen-bond acceptors (Lipinski definition) is 5. The molecule has 2 aromatic rings. The van der Waals surface area contributed by atoms with Crippen LogP contribution in [0.3, 0.4) is 0 Å². The molecule has 4 nitrogen and oxygen atoms in total. The molecular weight excluding hydrogens is 306 g/mol. The molecule has 0 aliphatic carbocycles. The van der Waals surface area contributed by atoms with E-state index in [9.17, 15) is 0 Å². The number of benzene rings is 2. The van der Waals surface area contributed by atoms with Crippen LogP contribution in [0.1, 0.15) is 13.8 Å². The molecule has 124 valence electrons. The fourth-order valence-corrected chi connectivity index (χ4v) is 3.01. The van der Waals surface area contributed by atoms with E-state index < -0.39 is 0 Å². The zero-order valence-corrected chi connectivity index (χ0v) is 14.9. The number of nitrogen functional groups attached to an aromatic ring is 2. The summed E-state index contributed by atoms with van der Waals surface area (Å²) in [7, 11) is 4.12. The minimum atomic E-state index is 0.109. The molecule has 0 aliphatic heterocycles. The van der Waals surface area contributed by atoms with Crippen LogP contribution in [0, 0.1) is 0 Å². The second-order valence-corrected chi connectivity index (χ2v) is 7.04.